The van der Waals surface area contributed by atoms with Gasteiger partial charge in [-0.15, -0.1) is 8.78 Å². The van der Waals surface area contributed by atoms with Gasteiger partial charge in [0, 0.05) is 43.8 Å². The molecule has 1 saturated heterocycles. The molecule has 3 N–H and O–H groups in total. The van der Waals surface area contributed by atoms with E-state index in [2.05, 4.69) is 25.1 Å². The number of ether oxygens (including phenoxy) is 2. The summed E-state index contributed by atoms with van der Waals surface area (Å²) >= 11 is 1.06. The van der Waals surface area contributed by atoms with Crippen molar-refractivity contribution in [3.8, 4) is 11.5 Å². The molecule has 2 aromatic heterocycles. The van der Waals surface area contributed by atoms with Crippen molar-refractivity contribution >= 4 is 39.1 Å². The summed E-state index contributed by atoms with van der Waals surface area (Å²) in [7, 11) is 1.65. The lowest BCUT2D eigenvalue weighted by Gasteiger charge is -2.40. The predicted molar refractivity (Wildman–Crippen MR) is 135 cm³/mol. The van der Waals surface area contributed by atoms with Gasteiger partial charge in [-0.05, 0) is 19.5 Å². The number of benzene rings is 1. The highest BCUT2D eigenvalue weighted by Gasteiger charge is 2.47. The summed E-state index contributed by atoms with van der Waals surface area (Å²) in [6, 6.07) is 4.75. The van der Waals surface area contributed by atoms with E-state index in [1.54, 1.807) is 18.9 Å². The van der Waals surface area contributed by atoms with Crippen LogP contribution in [0.4, 0.5) is 22.7 Å². The fourth-order valence-electron chi connectivity index (χ4n) is 4.51. The third-order valence-corrected chi connectivity index (χ3v) is 7.44. The third kappa shape index (κ3) is 6.18. The zero-order valence-electron chi connectivity index (χ0n) is 21.2. The largest absolute Gasteiger partial charge is 0.618 e. The average molecular weight is 588 g/mol. The molecule has 40 heavy (non-hydrogen) atoms. The molecular formula is C24H25F4N5O6S. The summed E-state index contributed by atoms with van der Waals surface area (Å²) in [5.74, 6) is -4.94. The molecule has 0 aliphatic carbocycles. The number of nitrogens with zero attached hydrogens (tertiary/aromatic N) is 3. The molecule has 3 aromatic rings. The molecule has 2 aliphatic rings. The Morgan fingerprint density at radius 3 is 2.67 bits per heavy atom. The third-order valence-electron chi connectivity index (χ3n) is 6.51. The summed E-state index contributed by atoms with van der Waals surface area (Å²) in [6.45, 7) is 1.51. The zero-order chi connectivity index (χ0) is 29.2. The SMILES string of the molecule is CNCc1cc([C@@H]2CN([C@@H](C)C(=O)Nc3nc4cc5c(cc4s3)OC(F)(F)O5)CCC2(F)F)cc[n+]1[O-].O=CO. The Labute approximate surface area is 228 Å². The second-order valence-electron chi connectivity index (χ2n) is 9.09. The van der Waals surface area contributed by atoms with Crippen LogP contribution in [0.1, 0.15) is 30.5 Å². The number of halogens is 4. The molecule has 0 radical (unpaired) electrons. The number of thiazole rings is 1. The number of carbonyl (C=O) groups excluding carboxylic acids is 1. The van der Waals surface area contributed by atoms with Gasteiger partial charge in [0.15, 0.2) is 22.8 Å². The average Bonchev–Trinajstić information content (AvgIpc) is 3.40. The number of fused-ring (bicyclic) bond motifs is 2. The van der Waals surface area contributed by atoms with Gasteiger partial charge in [0.2, 0.25) is 11.6 Å². The minimum Gasteiger partial charge on any atom is -0.618 e. The highest BCUT2D eigenvalue weighted by Crippen LogP contribution is 2.45. The molecule has 0 spiro atoms. The number of likely N-dealkylation sites (tertiary alicyclic amines) is 1. The van der Waals surface area contributed by atoms with Crippen molar-refractivity contribution in [1.82, 2.24) is 15.2 Å². The van der Waals surface area contributed by atoms with Crippen molar-refractivity contribution in [1.29, 1.82) is 0 Å². The van der Waals surface area contributed by atoms with E-state index in [1.807, 2.05) is 0 Å². The smallest absolute Gasteiger partial charge is 0.586 e. The molecule has 0 saturated carbocycles. The topological polar surface area (TPSA) is 140 Å². The van der Waals surface area contributed by atoms with Crippen molar-refractivity contribution in [3.05, 3.63) is 46.9 Å². The minimum absolute atomic E-state index is 0.00526. The maximum absolute atomic E-state index is 14.9. The second-order valence-corrected chi connectivity index (χ2v) is 10.1. The second kappa shape index (κ2) is 11.4. The van der Waals surface area contributed by atoms with Crippen molar-refractivity contribution in [2.45, 2.75) is 44.1 Å². The van der Waals surface area contributed by atoms with Gasteiger partial charge in [-0.2, -0.15) is 4.73 Å². The molecule has 16 heteroatoms. The minimum atomic E-state index is -3.74. The van der Waals surface area contributed by atoms with E-state index in [4.69, 9.17) is 9.90 Å². The molecule has 5 rings (SSSR count). The summed E-state index contributed by atoms with van der Waals surface area (Å²) in [6.07, 6.45) is -2.97. The Bertz CT molecular complexity index is 1360. The number of carbonyl (C=O) groups is 2. The highest BCUT2D eigenvalue weighted by molar-refractivity contribution is 7.22. The number of aromatic nitrogens is 2. The number of rotatable bonds is 6. The Balaban J connectivity index is 0.00000118. The monoisotopic (exact) mass is 587 g/mol. The number of pyridine rings is 1. The van der Waals surface area contributed by atoms with Crippen LogP contribution in [0, 0.1) is 5.21 Å². The molecule has 4 heterocycles. The summed E-state index contributed by atoms with van der Waals surface area (Å²) in [5.41, 5.74) is 0.983. The molecule has 2 atom stereocenters. The first-order chi connectivity index (χ1) is 18.9. The first-order valence-electron chi connectivity index (χ1n) is 11.9. The molecule has 2 aliphatic heterocycles. The number of carboxylic acid groups (broad SMARTS) is 1. The molecule has 11 nitrogen and oxygen atoms in total. The van der Waals surface area contributed by atoms with E-state index >= 15 is 0 Å². The maximum atomic E-state index is 14.9. The van der Waals surface area contributed by atoms with Crippen molar-refractivity contribution in [2.24, 2.45) is 0 Å². The Morgan fingerprint density at radius 2 is 2.00 bits per heavy atom. The number of anilines is 1. The molecule has 1 amide bonds. The van der Waals surface area contributed by atoms with Crippen LogP contribution in [-0.2, 0) is 16.1 Å². The zero-order valence-corrected chi connectivity index (χ0v) is 22.0. The predicted octanol–water partition coefficient (Wildman–Crippen LogP) is 3.12. The van der Waals surface area contributed by atoms with E-state index < -0.39 is 36.5 Å². The van der Waals surface area contributed by atoms with Crippen LogP contribution in [0.15, 0.2) is 30.5 Å². The number of hydrogen-bond acceptors (Lipinski definition) is 9. The molecule has 1 fully saturated rings. The highest BCUT2D eigenvalue weighted by atomic mass is 32.1. The van der Waals surface area contributed by atoms with Crippen LogP contribution in [0.2, 0.25) is 0 Å². The fraction of sp³-hybridized carbons (Fsp3) is 0.417. The maximum Gasteiger partial charge on any atom is 0.586 e. The van der Waals surface area contributed by atoms with Crippen molar-refractivity contribution in [2.75, 3.05) is 25.5 Å². The lowest BCUT2D eigenvalue weighted by atomic mass is 9.86. The molecule has 0 bridgehead atoms. The first kappa shape index (κ1) is 29.2. The van der Waals surface area contributed by atoms with E-state index in [1.165, 1.54) is 30.5 Å². The van der Waals surface area contributed by atoms with Crippen LogP contribution in [-0.4, -0.2) is 65.8 Å². The lowest BCUT2D eigenvalue weighted by molar-refractivity contribution is -0.614. The molecule has 216 valence electrons. The van der Waals surface area contributed by atoms with Gasteiger partial charge in [-0.25, -0.2) is 13.8 Å². The van der Waals surface area contributed by atoms with Crippen LogP contribution in [0.25, 0.3) is 10.2 Å². The number of nitrogens with one attached hydrogen (secondary N) is 2. The summed E-state index contributed by atoms with van der Waals surface area (Å²) in [5, 5.41) is 24.6. The Morgan fingerprint density at radius 1 is 1.32 bits per heavy atom. The summed E-state index contributed by atoms with van der Waals surface area (Å²) in [4.78, 5) is 27.3. The first-order valence-corrected chi connectivity index (χ1v) is 12.8. The quantitative estimate of drug-likeness (QED) is 0.172. The fourth-order valence-corrected chi connectivity index (χ4v) is 5.39. The number of piperidine rings is 1. The van der Waals surface area contributed by atoms with Crippen LogP contribution in [0.3, 0.4) is 0 Å². The standard InChI is InChI=1S/C23H23F4N5O4S.CH2O2/c1-12(20(33)30-21-29-16-8-17-18(9-19(16)37-21)36-23(26,27)35-17)31-6-4-22(24,25)15(11-31)13-3-5-32(34)14(7-13)10-28-2;2-1-3/h3,5,7-9,12,15,28H,4,6,10-11H2,1-2H3,(H,29,30,33);1H,(H,2,3)/t12-,15-;/m0./s1. The van der Waals surface area contributed by atoms with Gasteiger partial charge in [0.05, 0.1) is 28.7 Å². The number of amides is 1. The van der Waals surface area contributed by atoms with E-state index in [-0.39, 0.29) is 42.7 Å². The van der Waals surface area contributed by atoms with Crippen LogP contribution >= 0.6 is 11.3 Å². The van der Waals surface area contributed by atoms with Crippen LogP contribution in [0.5, 0.6) is 11.5 Å². The van der Waals surface area contributed by atoms with Gasteiger partial charge in [0.1, 0.15) is 0 Å². The van der Waals surface area contributed by atoms with Gasteiger partial charge >= 0.3 is 6.29 Å². The van der Waals surface area contributed by atoms with Gasteiger partial charge < -0.3 is 30.4 Å². The summed E-state index contributed by atoms with van der Waals surface area (Å²) < 4.78 is 66.4. The van der Waals surface area contributed by atoms with E-state index in [9.17, 15) is 27.6 Å². The van der Waals surface area contributed by atoms with Crippen LogP contribution < -0.4 is 24.8 Å². The molecule has 0 unspecified atom stereocenters. The number of hydrogen-bond donors (Lipinski definition) is 3. The van der Waals surface area contributed by atoms with Gasteiger partial charge in [-0.1, -0.05) is 11.3 Å². The van der Waals surface area contributed by atoms with Crippen molar-refractivity contribution in [3.63, 3.8) is 0 Å². The molecule has 1 aromatic carbocycles. The van der Waals surface area contributed by atoms with Gasteiger partial charge in [0.25, 0.3) is 12.4 Å². The van der Waals surface area contributed by atoms with E-state index in [0.717, 1.165) is 11.3 Å². The van der Waals surface area contributed by atoms with Gasteiger partial charge in [-0.3, -0.25) is 14.5 Å². The lowest BCUT2D eigenvalue weighted by Crippen LogP contribution is -2.52. The Kier molecular flexibility index (Phi) is 8.32. The van der Waals surface area contributed by atoms with Crippen molar-refractivity contribution < 1.29 is 46.5 Å². The molecular weight excluding hydrogens is 562 g/mol. The van der Waals surface area contributed by atoms with E-state index in [0.29, 0.717) is 26.2 Å². The Hall–Kier alpha value is -3.76. The normalized spacial score (nSPS) is 19.9. The number of alkyl halides is 4.